The highest BCUT2D eigenvalue weighted by atomic mass is 19.1. The number of para-hydroxylation sites is 1. The lowest BCUT2D eigenvalue weighted by Crippen LogP contribution is -2.08. The van der Waals surface area contributed by atoms with Gasteiger partial charge < -0.3 is 10.1 Å². The molecule has 5 heteroatoms. The molecule has 0 aliphatic heterocycles. The summed E-state index contributed by atoms with van der Waals surface area (Å²) in [5.41, 5.74) is 0.853. The molecule has 1 N–H and O–H groups in total. The fourth-order valence-corrected chi connectivity index (χ4v) is 1.74. The third-order valence-electron chi connectivity index (χ3n) is 2.65. The molecular weight excluding hydrogens is 257 g/mol. The van der Waals surface area contributed by atoms with E-state index in [4.69, 9.17) is 4.74 Å². The van der Waals surface area contributed by atoms with Gasteiger partial charge >= 0.3 is 0 Å². The molecule has 1 aromatic carbocycles. The number of hydrogen-bond acceptors (Lipinski definition) is 4. The SMILES string of the molecule is CCCNc1cc(C)nc(COc2ccccc2F)n1. The maximum Gasteiger partial charge on any atom is 0.168 e. The van der Waals surface area contributed by atoms with E-state index < -0.39 is 0 Å². The Morgan fingerprint density at radius 1 is 1.25 bits per heavy atom. The minimum atomic E-state index is -0.385. The van der Waals surface area contributed by atoms with E-state index in [0.717, 1.165) is 24.5 Å². The summed E-state index contributed by atoms with van der Waals surface area (Å²) in [7, 11) is 0. The number of rotatable bonds is 6. The second-order valence-corrected chi connectivity index (χ2v) is 4.46. The molecule has 1 heterocycles. The zero-order chi connectivity index (χ0) is 14.4. The smallest absolute Gasteiger partial charge is 0.168 e. The Kier molecular flexibility index (Phi) is 4.87. The van der Waals surface area contributed by atoms with E-state index in [1.807, 2.05) is 13.0 Å². The Morgan fingerprint density at radius 3 is 2.80 bits per heavy atom. The molecule has 0 aliphatic rings. The minimum Gasteiger partial charge on any atom is -0.483 e. The van der Waals surface area contributed by atoms with Crippen LogP contribution in [-0.4, -0.2) is 16.5 Å². The van der Waals surface area contributed by atoms with Crippen LogP contribution in [0.4, 0.5) is 10.2 Å². The molecule has 0 aliphatic carbocycles. The largest absolute Gasteiger partial charge is 0.483 e. The second-order valence-electron chi connectivity index (χ2n) is 4.46. The Morgan fingerprint density at radius 2 is 2.05 bits per heavy atom. The minimum absolute atomic E-state index is 0.142. The van der Waals surface area contributed by atoms with E-state index in [-0.39, 0.29) is 18.2 Å². The number of benzene rings is 1. The van der Waals surface area contributed by atoms with Crippen molar-refractivity contribution in [2.75, 3.05) is 11.9 Å². The van der Waals surface area contributed by atoms with Crippen molar-refractivity contribution in [1.29, 1.82) is 0 Å². The summed E-state index contributed by atoms with van der Waals surface area (Å²) in [6.07, 6.45) is 1.02. The Balaban J connectivity index is 2.05. The van der Waals surface area contributed by atoms with Gasteiger partial charge in [-0.25, -0.2) is 14.4 Å². The third-order valence-corrected chi connectivity index (χ3v) is 2.65. The molecular formula is C15H18FN3O. The maximum absolute atomic E-state index is 13.4. The molecule has 0 spiro atoms. The summed E-state index contributed by atoms with van der Waals surface area (Å²) in [6.45, 7) is 4.97. The molecule has 0 saturated carbocycles. The van der Waals surface area contributed by atoms with Crippen molar-refractivity contribution >= 4 is 5.82 Å². The highest BCUT2D eigenvalue weighted by Gasteiger charge is 2.05. The highest BCUT2D eigenvalue weighted by molar-refractivity contribution is 5.35. The van der Waals surface area contributed by atoms with E-state index in [9.17, 15) is 4.39 Å². The van der Waals surface area contributed by atoms with Gasteiger partial charge in [0.05, 0.1) is 0 Å². The molecule has 20 heavy (non-hydrogen) atoms. The molecule has 2 rings (SSSR count). The van der Waals surface area contributed by atoms with Crippen LogP contribution in [0.2, 0.25) is 0 Å². The number of halogens is 1. The van der Waals surface area contributed by atoms with Crippen molar-refractivity contribution in [1.82, 2.24) is 9.97 Å². The summed E-state index contributed by atoms with van der Waals surface area (Å²) < 4.78 is 18.8. The quantitative estimate of drug-likeness (QED) is 0.878. The number of aryl methyl sites for hydroxylation is 1. The fourth-order valence-electron chi connectivity index (χ4n) is 1.74. The highest BCUT2D eigenvalue weighted by Crippen LogP contribution is 2.17. The van der Waals surface area contributed by atoms with Gasteiger partial charge in [0.1, 0.15) is 12.4 Å². The van der Waals surface area contributed by atoms with Crippen LogP contribution in [0, 0.1) is 12.7 Å². The van der Waals surface area contributed by atoms with Crippen LogP contribution in [0.1, 0.15) is 24.9 Å². The summed E-state index contributed by atoms with van der Waals surface area (Å²) in [5, 5.41) is 3.20. The molecule has 0 saturated heterocycles. The van der Waals surface area contributed by atoms with Crippen LogP contribution >= 0.6 is 0 Å². The van der Waals surface area contributed by atoms with Crippen molar-refractivity contribution in [3.8, 4) is 5.75 Å². The molecule has 0 amide bonds. The van der Waals surface area contributed by atoms with Crippen molar-refractivity contribution < 1.29 is 9.13 Å². The molecule has 0 unspecified atom stereocenters. The van der Waals surface area contributed by atoms with Crippen molar-refractivity contribution in [2.24, 2.45) is 0 Å². The number of hydrogen-bond donors (Lipinski definition) is 1. The molecule has 0 fully saturated rings. The van der Waals surface area contributed by atoms with Gasteiger partial charge in [0.25, 0.3) is 0 Å². The molecule has 106 valence electrons. The van der Waals surface area contributed by atoms with Crippen molar-refractivity contribution in [3.05, 3.63) is 47.7 Å². The van der Waals surface area contributed by atoms with Crippen LogP contribution in [0.15, 0.2) is 30.3 Å². The molecule has 0 atom stereocenters. The summed E-state index contributed by atoms with van der Waals surface area (Å²) >= 11 is 0. The predicted octanol–water partition coefficient (Wildman–Crippen LogP) is 3.33. The average Bonchev–Trinajstić information content (AvgIpc) is 2.44. The number of aromatic nitrogens is 2. The fraction of sp³-hybridized carbons (Fsp3) is 0.333. The second kappa shape index (κ2) is 6.84. The van der Waals surface area contributed by atoms with Gasteiger partial charge in [0.2, 0.25) is 0 Å². The lowest BCUT2D eigenvalue weighted by molar-refractivity contribution is 0.281. The van der Waals surface area contributed by atoms with Crippen LogP contribution in [-0.2, 0) is 6.61 Å². The van der Waals surface area contributed by atoms with Gasteiger partial charge in [-0.05, 0) is 25.5 Å². The Labute approximate surface area is 118 Å². The molecule has 4 nitrogen and oxygen atoms in total. The number of anilines is 1. The van der Waals surface area contributed by atoms with Crippen molar-refractivity contribution in [2.45, 2.75) is 26.9 Å². The lowest BCUT2D eigenvalue weighted by atomic mass is 10.3. The first-order valence-corrected chi connectivity index (χ1v) is 6.65. The monoisotopic (exact) mass is 275 g/mol. The van der Waals surface area contributed by atoms with Gasteiger partial charge in [-0.3, -0.25) is 0 Å². The van der Waals surface area contributed by atoms with Crippen LogP contribution < -0.4 is 10.1 Å². The lowest BCUT2D eigenvalue weighted by Gasteiger charge is -2.09. The number of nitrogens with one attached hydrogen (secondary N) is 1. The summed E-state index contributed by atoms with van der Waals surface area (Å²) in [6, 6.07) is 8.17. The Bertz CT molecular complexity index is 575. The van der Waals surface area contributed by atoms with E-state index >= 15 is 0 Å². The summed E-state index contributed by atoms with van der Waals surface area (Å²) in [4.78, 5) is 8.63. The first kappa shape index (κ1) is 14.2. The van der Waals surface area contributed by atoms with Gasteiger partial charge in [0, 0.05) is 18.3 Å². The zero-order valence-corrected chi connectivity index (χ0v) is 11.7. The predicted molar refractivity (Wildman–Crippen MR) is 76.3 cm³/mol. The number of nitrogens with zero attached hydrogens (tertiary/aromatic N) is 2. The standard InChI is InChI=1S/C15H18FN3O/c1-3-8-17-14-9-11(2)18-15(19-14)10-20-13-7-5-4-6-12(13)16/h4-7,9H,3,8,10H2,1-2H3,(H,17,18,19). The third kappa shape index (κ3) is 3.91. The normalized spacial score (nSPS) is 10.3. The molecule has 0 radical (unpaired) electrons. The average molecular weight is 275 g/mol. The van der Waals surface area contributed by atoms with Crippen molar-refractivity contribution in [3.63, 3.8) is 0 Å². The van der Waals surface area contributed by atoms with Gasteiger partial charge in [-0.1, -0.05) is 19.1 Å². The van der Waals surface area contributed by atoms with E-state index in [1.165, 1.54) is 6.07 Å². The van der Waals surface area contributed by atoms with Crippen LogP contribution in [0.5, 0.6) is 5.75 Å². The van der Waals surface area contributed by atoms with Crippen LogP contribution in [0.25, 0.3) is 0 Å². The van der Waals surface area contributed by atoms with Gasteiger partial charge in [-0.15, -0.1) is 0 Å². The molecule has 1 aromatic heterocycles. The Hall–Kier alpha value is -2.17. The topological polar surface area (TPSA) is 47.0 Å². The van der Waals surface area contributed by atoms with E-state index in [0.29, 0.717) is 5.82 Å². The van der Waals surface area contributed by atoms with E-state index in [1.54, 1.807) is 18.2 Å². The summed E-state index contributed by atoms with van der Waals surface area (Å²) in [5.74, 6) is 1.13. The first-order valence-electron chi connectivity index (χ1n) is 6.65. The number of ether oxygens (including phenoxy) is 1. The van der Waals surface area contributed by atoms with E-state index in [2.05, 4.69) is 22.2 Å². The first-order chi connectivity index (χ1) is 9.69. The van der Waals surface area contributed by atoms with Gasteiger partial charge in [-0.2, -0.15) is 0 Å². The molecule has 0 bridgehead atoms. The maximum atomic E-state index is 13.4. The zero-order valence-electron chi connectivity index (χ0n) is 11.7. The molecule has 2 aromatic rings. The van der Waals surface area contributed by atoms with Gasteiger partial charge in [0.15, 0.2) is 17.4 Å². The van der Waals surface area contributed by atoms with Crippen LogP contribution in [0.3, 0.4) is 0 Å².